The predicted molar refractivity (Wildman–Crippen MR) is 89.8 cm³/mol. The van der Waals surface area contributed by atoms with E-state index in [1.165, 1.54) is 0 Å². The maximum atomic E-state index is 12.4. The molecule has 0 unspecified atom stereocenters. The van der Waals surface area contributed by atoms with Gasteiger partial charge in [-0.3, -0.25) is 4.79 Å². The Bertz CT molecular complexity index is 788. The molecule has 0 heterocycles. The summed E-state index contributed by atoms with van der Waals surface area (Å²) in [6.07, 6.45) is 1.58. The lowest BCUT2D eigenvalue weighted by molar-refractivity contribution is 0.104. The van der Waals surface area contributed by atoms with Gasteiger partial charge in [-0.1, -0.05) is 29.8 Å². The van der Waals surface area contributed by atoms with Gasteiger partial charge in [0.1, 0.15) is 17.4 Å². The molecular weight excluding hydrogens is 342 g/mol. The van der Waals surface area contributed by atoms with Gasteiger partial charge in [-0.15, -0.1) is 0 Å². The number of allylic oxidation sites excluding steroid dienone is 1. The number of halogens is 1. The highest BCUT2D eigenvalue weighted by Gasteiger charge is 2.12. The molecule has 2 aromatic carbocycles. The van der Waals surface area contributed by atoms with Crippen LogP contribution in [0.4, 0.5) is 0 Å². The summed E-state index contributed by atoms with van der Waals surface area (Å²) < 4.78 is 5.93. The Morgan fingerprint density at radius 3 is 2.64 bits per heavy atom. The lowest BCUT2D eigenvalue weighted by Crippen LogP contribution is -2.02. The molecule has 4 heteroatoms. The van der Waals surface area contributed by atoms with E-state index in [0.717, 1.165) is 15.6 Å². The molecule has 22 heavy (non-hydrogen) atoms. The van der Waals surface area contributed by atoms with Gasteiger partial charge in [0.15, 0.2) is 0 Å². The molecular formula is C18H14BrNO2. The molecule has 0 spiro atoms. The van der Waals surface area contributed by atoms with E-state index < -0.39 is 0 Å². The summed E-state index contributed by atoms with van der Waals surface area (Å²) in [5.74, 6) is 0.416. The average molecular weight is 356 g/mol. The number of nitrogens with zero attached hydrogens (tertiary/aromatic N) is 1. The van der Waals surface area contributed by atoms with E-state index >= 15 is 0 Å². The van der Waals surface area contributed by atoms with E-state index in [0.29, 0.717) is 11.3 Å². The van der Waals surface area contributed by atoms with Gasteiger partial charge in [0.2, 0.25) is 5.78 Å². The van der Waals surface area contributed by atoms with Gasteiger partial charge in [0.25, 0.3) is 0 Å². The maximum Gasteiger partial charge on any atom is 0.203 e. The molecule has 0 amide bonds. The third-order valence-corrected chi connectivity index (χ3v) is 3.75. The number of ketones is 1. The van der Waals surface area contributed by atoms with Crippen LogP contribution in [-0.4, -0.2) is 12.9 Å². The molecule has 0 atom stereocenters. The van der Waals surface area contributed by atoms with Crippen molar-refractivity contribution in [3.05, 3.63) is 69.2 Å². The highest BCUT2D eigenvalue weighted by molar-refractivity contribution is 9.10. The Morgan fingerprint density at radius 2 is 2.05 bits per heavy atom. The first-order valence-electron chi connectivity index (χ1n) is 6.62. The van der Waals surface area contributed by atoms with Crippen LogP contribution < -0.4 is 4.74 Å². The van der Waals surface area contributed by atoms with Gasteiger partial charge >= 0.3 is 0 Å². The number of methoxy groups -OCH3 is 1. The molecule has 0 aliphatic carbocycles. The lowest BCUT2D eigenvalue weighted by atomic mass is 10.0. The monoisotopic (exact) mass is 355 g/mol. The quantitative estimate of drug-likeness (QED) is 0.459. The zero-order chi connectivity index (χ0) is 16.1. The van der Waals surface area contributed by atoms with Crippen molar-refractivity contribution in [3.8, 4) is 11.8 Å². The number of rotatable bonds is 4. The summed E-state index contributed by atoms with van der Waals surface area (Å²) >= 11 is 3.39. The molecule has 0 N–H and O–H groups in total. The number of nitriles is 1. The largest absolute Gasteiger partial charge is 0.496 e. The van der Waals surface area contributed by atoms with Crippen LogP contribution in [0.3, 0.4) is 0 Å². The third kappa shape index (κ3) is 3.63. The third-order valence-electron chi connectivity index (χ3n) is 3.13. The average Bonchev–Trinajstić information content (AvgIpc) is 2.52. The van der Waals surface area contributed by atoms with Crippen molar-refractivity contribution < 1.29 is 9.53 Å². The summed E-state index contributed by atoms with van der Waals surface area (Å²) in [5, 5.41) is 9.28. The maximum absolute atomic E-state index is 12.4. The molecule has 110 valence electrons. The lowest BCUT2D eigenvalue weighted by Gasteiger charge is -2.04. The van der Waals surface area contributed by atoms with Crippen molar-refractivity contribution in [1.29, 1.82) is 5.26 Å². The first-order chi connectivity index (χ1) is 10.5. The van der Waals surface area contributed by atoms with Crippen LogP contribution in [0.2, 0.25) is 0 Å². The molecule has 2 aromatic rings. The van der Waals surface area contributed by atoms with Crippen LogP contribution in [0.1, 0.15) is 21.5 Å². The van der Waals surface area contributed by atoms with Crippen LogP contribution in [0.5, 0.6) is 5.75 Å². The van der Waals surface area contributed by atoms with Crippen molar-refractivity contribution in [2.24, 2.45) is 0 Å². The second-order valence-electron chi connectivity index (χ2n) is 4.76. The van der Waals surface area contributed by atoms with Gasteiger partial charge < -0.3 is 4.74 Å². The van der Waals surface area contributed by atoms with E-state index in [1.807, 2.05) is 25.1 Å². The number of carbonyl (C=O) groups excluding carboxylic acids is 1. The zero-order valence-electron chi connectivity index (χ0n) is 12.3. The first kappa shape index (κ1) is 16.0. The van der Waals surface area contributed by atoms with E-state index in [2.05, 4.69) is 15.9 Å². The van der Waals surface area contributed by atoms with Crippen LogP contribution in [0, 0.1) is 18.3 Å². The number of aryl methyl sites for hydroxylation is 1. The van der Waals surface area contributed by atoms with Crippen LogP contribution in [0.25, 0.3) is 6.08 Å². The molecule has 0 aliphatic heterocycles. The Balaban J connectivity index is 2.37. The van der Waals surface area contributed by atoms with Crippen molar-refractivity contribution in [2.75, 3.05) is 7.11 Å². The Labute approximate surface area is 138 Å². The summed E-state index contributed by atoms with van der Waals surface area (Å²) in [4.78, 5) is 12.4. The Morgan fingerprint density at radius 1 is 1.27 bits per heavy atom. The minimum atomic E-state index is -0.279. The van der Waals surface area contributed by atoms with E-state index in [-0.39, 0.29) is 11.4 Å². The molecule has 0 fully saturated rings. The summed E-state index contributed by atoms with van der Waals surface area (Å²) in [5.41, 5.74) is 2.35. The topological polar surface area (TPSA) is 50.1 Å². The number of hydrogen-bond acceptors (Lipinski definition) is 3. The summed E-state index contributed by atoms with van der Waals surface area (Å²) in [6.45, 7) is 1.91. The van der Waals surface area contributed by atoms with E-state index in [4.69, 9.17) is 4.74 Å². The minimum absolute atomic E-state index is 0.0997. The number of Topliss-reactive ketones (excluding diaryl/α,β-unsaturated/α-hetero) is 1. The molecule has 2 rings (SSSR count). The SMILES string of the molecule is COc1ccc(/C=C(\C#N)C(=O)c2cccc(C)c2)cc1Br. The van der Waals surface area contributed by atoms with Crippen molar-refractivity contribution in [2.45, 2.75) is 6.92 Å². The molecule has 0 saturated carbocycles. The Hall–Kier alpha value is -2.38. The summed E-state index contributed by atoms with van der Waals surface area (Å²) in [6, 6.07) is 14.6. The van der Waals surface area contributed by atoms with Crippen LogP contribution in [0.15, 0.2) is 52.5 Å². The number of ether oxygens (including phenoxy) is 1. The highest BCUT2D eigenvalue weighted by atomic mass is 79.9. The van der Waals surface area contributed by atoms with E-state index in [9.17, 15) is 10.1 Å². The first-order valence-corrected chi connectivity index (χ1v) is 7.41. The fraction of sp³-hybridized carbons (Fsp3) is 0.111. The van der Waals surface area contributed by atoms with Gasteiger partial charge in [-0.05, 0) is 52.7 Å². The molecule has 0 aromatic heterocycles. The minimum Gasteiger partial charge on any atom is -0.496 e. The highest BCUT2D eigenvalue weighted by Crippen LogP contribution is 2.26. The number of benzene rings is 2. The molecule has 0 radical (unpaired) electrons. The van der Waals surface area contributed by atoms with Crippen molar-refractivity contribution in [1.82, 2.24) is 0 Å². The van der Waals surface area contributed by atoms with Gasteiger partial charge in [-0.2, -0.15) is 5.26 Å². The molecule has 0 bridgehead atoms. The molecule has 0 saturated heterocycles. The Kier molecular flexibility index (Phi) is 5.13. The molecule has 0 aliphatic rings. The predicted octanol–water partition coefficient (Wildman–Crippen LogP) is 4.56. The fourth-order valence-electron chi connectivity index (χ4n) is 2.03. The van der Waals surface area contributed by atoms with Crippen LogP contribution >= 0.6 is 15.9 Å². The van der Waals surface area contributed by atoms with Crippen LogP contribution in [-0.2, 0) is 0 Å². The summed E-state index contributed by atoms with van der Waals surface area (Å²) in [7, 11) is 1.58. The van der Waals surface area contributed by atoms with Gasteiger partial charge in [0.05, 0.1) is 11.6 Å². The second kappa shape index (κ2) is 7.06. The fourth-order valence-corrected chi connectivity index (χ4v) is 2.59. The smallest absolute Gasteiger partial charge is 0.203 e. The number of carbonyl (C=O) groups is 1. The zero-order valence-corrected chi connectivity index (χ0v) is 13.8. The number of hydrogen-bond donors (Lipinski definition) is 0. The molecule has 3 nitrogen and oxygen atoms in total. The van der Waals surface area contributed by atoms with Gasteiger partial charge in [-0.25, -0.2) is 0 Å². The second-order valence-corrected chi connectivity index (χ2v) is 5.62. The van der Waals surface area contributed by atoms with Gasteiger partial charge in [0, 0.05) is 5.56 Å². The standard InChI is InChI=1S/C18H14BrNO2/c1-12-4-3-5-14(8-12)18(21)15(11-20)9-13-6-7-17(22-2)16(19)10-13/h3-10H,1-2H3/b15-9+. The normalized spacial score (nSPS) is 10.9. The van der Waals surface area contributed by atoms with Crippen molar-refractivity contribution in [3.63, 3.8) is 0 Å². The van der Waals surface area contributed by atoms with E-state index in [1.54, 1.807) is 43.5 Å². The van der Waals surface area contributed by atoms with Crippen molar-refractivity contribution >= 4 is 27.8 Å².